The summed E-state index contributed by atoms with van der Waals surface area (Å²) < 4.78 is 0. The number of nitrogens with one attached hydrogen (secondary N) is 1. The normalized spacial score (nSPS) is 11.0. The molecule has 108 valence electrons. The van der Waals surface area contributed by atoms with Crippen LogP contribution in [0.5, 0.6) is 0 Å². The molecule has 0 amide bonds. The lowest BCUT2D eigenvalue weighted by molar-refractivity contribution is 0.627. The van der Waals surface area contributed by atoms with Gasteiger partial charge in [0.2, 0.25) is 0 Å². The Morgan fingerprint density at radius 3 is 2.60 bits per heavy atom. The number of aryl methyl sites for hydroxylation is 2. The summed E-state index contributed by atoms with van der Waals surface area (Å²) in [6.45, 7) is 2.42. The Labute approximate surface area is 134 Å². The first kappa shape index (κ1) is 16.3. The Morgan fingerprint density at radius 2 is 2.05 bits per heavy atom. The van der Waals surface area contributed by atoms with E-state index in [2.05, 4.69) is 44.8 Å². The van der Waals surface area contributed by atoms with E-state index in [1.165, 1.54) is 10.4 Å². The first-order chi connectivity index (χ1) is 9.17. The topological polar surface area (TPSA) is 94.0 Å². The van der Waals surface area contributed by atoms with Crippen LogP contribution in [-0.4, -0.2) is 26.2 Å². The van der Waals surface area contributed by atoms with Gasteiger partial charge in [-0.3, -0.25) is 0 Å². The maximum Gasteiger partial charge on any atom is 0.196 e. The summed E-state index contributed by atoms with van der Waals surface area (Å²) >= 11 is 0. The molecule has 2 aromatic rings. The van der Waals surface area contributed by atoms with Crippen LogP contribution >= 0.6 is 24.0 Å². The summed E-state index contributed by atoms with van der Waals surface area (Å²) in [6, 6.07) is 8.06. The molecule has 0 spiro atoms. The van der Waals surface area contributed by atoms with E-state index in [-0.39, 0.29) is 24.0 Å². The summed E-state index contributed by atoms with van der Waals surface area (Å²) in [4.78, 5) is 5.54. The molecule has 0 radical (unpaired) electrons. The number of aromatic nitrogens is 4. The zero-order valence-electron chi connectivity index (χ0n) is 11.4. The highest BCUT2D eigenvalue weighted by Crippen LogP contribution is 2.09. The van der Waals surface area contributed by atoms with Crippen LogP contribution in [-0.2, 0) is 20.0 Å². The van der Waals surface area contributed by atoms with E-state index in [0.29, 0.717) is 18.3 Å². The highest BCUT2D eigenvalue weighted by molar-refractivity contribution is 14.0. The molecule has 0 saturated heterocycles. The second-order valence-corrected chi connectivity index (χ2v) is 4.07. The molecule has 0 bridgehead atoms. The van der Waals surface area contributed by atoms with Crippen LogP contribution in [0.15, 0.2) is 29.3 Å². The summed E-state index contributed by atoms with van der Waals surface area (Å²) in [5.41, 5.74) is 7.98. The first-order valence-corrected chi connectivity index (χ1v) is 6.06. The number of hydrogen-bond acceptors (Lipinski definition) is 4. The van der Waals surface area contributed by atoms with Crippen molar-refractivity contribution in [3.63, 3.8) is 0 Å². The van der Waals surface area contributed by atoms with Gasteiger partial charge in [0.1, 0.15) is 6.54 Å². The fourth-order valence-corrected chi connectivity index (χ4v) is 1.55. The highest BCUT2D eigenvalue weighted by atomic mass is 127. The molecule has 1 aromatic heterocycles. The third-order valence-corrected chi connectivity index (χ3v) is 2.58. The zero-order valence-corrected chi connectivity index (χ0v) is 13.8. The number of hydrogen-bond donors (Lipinski definition) is 2. The van der Waals surface area contributed by atoms with Gasteiger partial charge in [0.25, 0.3) is 0 Å². The van der Waals surface area contributed by atoms with Crippen molar-refractivity contribution < 1.29 is 0 Å². The van der Waals surface area contributed by atoms with Crippen molar-refractivity contribution >= 4 is 35.6 Å². The molecule has 0 unspecified atom stereocenters. The minimum Gasteiger partial charge on any atom is -0.370 e. The van der Waals surface area contributed by atoms with Gasteiger partial charge in [0.15, 0.2) is 11.8 Å². The van der Waals surface area contributed by atoms with Crippen LogP contribution in [0.25, 0.3) is 0 Å². The van der Waals surface area contributed by atoms with Gasteiger partial charge in [0, 0.05) is 5.69 Å². The van der Waals surface area contributed by atoms with Gasteiger partial charge in [-0.2, -0.15) is 4.80 Å². The predicted octanol–water partition coefficient (Wildman–Crippen LogP) is 1.32. The van der Waals surface area contributed by atoms with Crippen molar-refractivity contribution in [3.05, 3.63) is 35.7 Å². The fraction of sp³-hybridized carbons (Fsp3) is 0.333. The third-order valence-electron chi connectivity index (χ3n) is 2.58. The maximum atomic E-state index is 5.79. The number of rotatable bonds is 4. The van der Waals surface area contributed by atoms with Gasteiger partial charge in [-0.25, -0.2) is 4.99 Å². The molecule has 20 heavy (non-hydrogen) atoms. The largest absolute Gasteiger partial charge is 0.370 e. The van der Waals surface area contributed by atoms with Gasteiger partial charge < -0.3 is 11.1 Å². The quantitative estimate of drug-likeness (QED) is 0.469. The molecule has 3 N–H and O–H groups in total. The summed E-state index contributed by atoms with van der Waals surface area (Å²) in [5.74, 6) is 0.866. The maximum absolute atomic E-state index is 5.79. The van der Waals surface area contributed by atoms with Crippen LogP contribution < -0.4 is 11.1 Å². The van der Waals surface area contributed by atoms with E-state index in [1.807, 2.05) is 12.1 Å². The van der Waals surface area contributed by atoms with Crippen LogP contribution in [0, 0.1) is 0 Å². The average molecular weight is 387 g/mol. The lowest BCUT2D eigenvalue weighted by Gasteiger charge is -2.05. The number of aliphatic imine (C=N–C) groups is 1. The fourth-order valence-electron chi connectivity index (χ4n) is 1.55. The van der Waals surface area contributed by atoms with Crippen LogP contribution in [0.3, 0.4) is 0 Å². The first-order valence-electron chi connectivity index (χ1n) is 6.06. The van der Waals surface area contributed by atoms with E-state index >= 15 is 0 Å². The predicted molar refractivity (Wildman–Crippen MR) is 89.0 cm³/mol. The molecule has 0 aliphatic carbocycles. The molecule has 8 heteroatoms. The van der Waals surface area contributed by atoms with Gasteiger partial charge in [-0.15, -0.1) is 34.2 Å². The van der Waals surface area contributed by atoms with Crippen LogP contribution in [0.1, 0.15) is 18.3 Å². The monoisotopic (exact) mass is 387 g/mol. The minimum atomic E-state index is 0. The third kappa shape index (κ3) is 4.76. The van der Waals surface area contributed by atoms with Gasteiger partial charge in [-0.05, 0) is 29.3 Å². The minimum absolute atomic E-state index is 0. The SMILES string of the molecule is CCc1ccc(NC(N)=NCc2nnn(C)n2)cc1.I. The zero-order chi connectivity index (χ0) is 13.7. The van der Waals surface area contributed by atoms with Gasteiger partial charge in [0.05, 0.1) is 7.05 Å². The van der Waals surface area contributed by atoms with E-state index < -0.39 is 0 Å². The second-order valence-electron chi connectivity index (χ2n) is 4.07. The molecule has 0 saturated carbocycles. The molecule has 0 fully saturated rings. The van der Waals surface area contributed by atoms with E-state index in [0.717, 1.165) is 12.1 Å². The Morgan fingerprint density at radius 1 is 1.35 bits per heavy atom. The van der Waals surface area contributed by atoms with Crippen molar-refractivity contribution in [2.24, 2.45) is 17.8 Å². The summed E-state index contributed by atoms with van der Waals surface area (Å²) in [7, 11) is 1.71. The lowest BCUT2D eigenvalue weighted by Crippen LogP contribution is -2.22. The lowest BCUT2D eigenvalue weighted by atomic mass is 10.1. The number of guanidine groups is 1. The van der Waals surface area contributed by atoms with Gasteiger partial charge in [-0.1, -0.05) is 19.1 Å². The number of anilines is 1. The van der Waals surface area contributed by atoms with Crippen LogP contribution in [0.4, 0.5) is 5.69 Å². The van der Waals surface area contributed by atoms with E-state index in [1.54, 1.807) is 7.05 Å². The van der Waals surface area contributed by atoms with Crippen molar-refractivity contribution in [1.29, 1.82) is 0 Å². The highest BCUT2D eigenvalue weighted by Gasteiger charge is 2.00. The van der Waals surface area contributed by atoms with Crippen LogP contribution in [0.2, 0.25) is 0 Å². The molecule has 0 atom stereocenters. The van der Waals surface area contributed by atoms with Crippen molar-refractivity contribution in [2.75, 3.05) is 5.32 Å². The molecule has 7 nitrogen and oxygen atoms in total. The number of nitrogens with zero attached hydrogens (tertiary/aromatic N) is 5. The number of tetrazole rings is 1. The molecule has 0 aliphatic rings. The second kappa shape index (κ2) is 7.78. The smallest absolute Gasteiger partial charge is 0.196 e. The number of nitrogens with two attached hydrogens (primary N) is 1. The van der Waals surface area contributed by atoms with Crippen molar-refractivity contribution in [1.82, 2.24) is 20.2 Å². The summed E-state index contributed by atoms with van der Waals surface area (Å²) in [6.07, 6.45) is 1.02. The Kier molecular flexibility index (Phi) is 6.36. The molecule has 0 aliphatic heterocycles. The van der Waals surface area contributed by atoms with Gasteiger partial charge >= 0.3 is 0 Å². The van der Waals surface area contributed by atoms with Crippen molar-refractivity contribution in [3.8, 4) is 0 Å². The Bertz CT molecular complexity index is 561. The molecular weight excluding hydrogens is 369 g/mol. The standard InChI is InChI=1S/C12H17N7.HI/c1-3-9-4-6-10(7-5-9)15-12(13)14-8-11-16-18-19(2)17-11;/h4-7H,3,8H2,1-2H3,(H3,13,14,15);1H. The Hall–Kier alpha value is -1.71. The number of halogens is 1. The number of benzene rings is 1. The van der Waals surface area contributed by atoms with E-state index in [9.17, 15) is 0 Å². The molecular formula is C12H18IN7. The summed E-state index contributed by atoms with van der Waals surface area (Å²) in [5, 5.41) is 14.6. The Balaban J connectivity index is 0.00000200. The van der Waals surface area contributed by atoms with Crippen molar-refractivity contribution in [2.45, 2.75) is 19.9 Å². The molecule has 1 heterocycles. The van der Waals surface area contributed by atoms with E-state index in [4.69, 9.17) is 5.73 Å². The average Bonchev–Trinajstić information content (AvgIpc) is 2.83. The molecule has 1 aromatic carbocycles. The molecule has 2 rings (SSSR count).